The van der Waals surface area contributed by atoms with Crippen molar-refractivity contribution < 1.29 is 9.66 Å². The number of nitro groups is 1. The molecular weight excluding hydrogens is 220 g/mol. The van der Waals surface area contributed by atoms with Gasteiger partial charge in [-0.25, -0.2) is 0 Å². The average Bonchev–Trinajstić information content (AvgIpc) is 2.19. The van der Waals surface area contributed by atoms with E-state index in [0.717, 1.165) is 6.07 Å². The van der Waals surface area contributed by atoms with Crippen molar-refractivity contribution in [2.24, 2.45) is 0 Å². The number of hydrogen-bond donors (Lipinski definition) is 0. The van der Waals surface area contributed by atoms with Crippen LogP contribution in [0.4, 0.5) is 5.69 Å². The second-order valence-electron chi connectivity index (χ2n) is 2.60. The summed E-state index contributed by atoms with van der Waals surface area (Å²) in [5.41, 5.74) is -0.225. The van der Waals surface area contributed by atoms with E-state index in [1.165, 1.54) is 6.07 Å². The molecule has 1 rings (SSSR count). The molecule has 0 saturated heterocycles. The normalized spacial score (nSPS) is 9.40. The lowest BCUT2D eigenvalue weighted by Crippen LogP contribution is -2.00. The Hall–Kier alpha value is -1.80. The molecule has 0 N–H and O–H groups in total. The Morgan fingerprint density at radius 1 is 1.67 bits per heavy atom. The van der Waals surface area contributed by atoms with Crippen LogP contribution in [0.3, 0.4) is 0 Å². The van der Waals surface area contributed by atoms with E-state index in [1.54, 1.807) is 13.0 Å². The summed E-state index contributed by atoms with van der Waals surface area (Å²) in [5.74, 6) is -0.0330. The van der Waals surface area contributed by atoms with Gasteiger partial charge in [0, 0.05) is 11.1 Å². The minimum atomic E-state index is -0.627. The number of nitriles is 1. The molecule has 0 aliphatic rings. The third kappa shape index (κ3) is 2.36. The lowest BCUT2D eigenvalue weighted by molar-refractivity contribution is -0.385. The molecule has 0 unspecified atom stereocenters. The molecular formula is C9H7ClN2O3. The van der Waals surface area contributed by atoms with E-state index in [9.17, 15) is 10.1 Å². The van der Waals surface area contributed by atoms with Crippen LogP contribution in [0.15, 0.2) is 12.1 Å². The number of hydrogen-bond acceptors (Lipinski definition) is 4. The molecule has 15 heavy (non-hydrogen) atoms. The summed E-state index contributed by atoms with van der Waals surface area (Å²) >= 11 is 5.63. The molecule has 5 nitrogen and oxygen atoms in total. The number of halogens is 1. The van der Waals surface area contributed by atoms with Crippen LogP contribution in [0.25, 0.3) is 0 Å². The van der Waals surface area contributed by atoms with Crippen molar-refractivity contribution >= 4 is 17.3 Å². The molecule has 0 amide bonds. The maximum Gasteiger partial charge on any atom is 0.313 e. The maximum atomic E-state index is 10.7. The average molecular weight is 227 g/mol. The van der Waals surface area contributed by atoms with Crippen molar-refractivity contribution in [3.8, 4) is 11.8 Å². The summed E-state index contributed by atoms with van der Waals surface area (Å²) in [6.07, 6.45) is 0. The molecule has 6 heteroatoms. The maximum absolute atomic E-state index is 10.7. The van der Waals surface area contributed by atoms with Crippen LogP contribution in [-0.2, 0) is 0 Å². The first-order valence-corrected chi connectivity index (χ1v) is 4.48. The van der Waals surface area contributed by atoms with Gasteiger partial charge in [-0.15, -0.1) is 0 Å². The van der Waals surface area contributed by atoms with Crippen molar-refractivity contribution in [3.63, 3.8) is 0 Å². The lowest BCUT2D eigenvalue weighted by atomic mass is 10.2. The summed E-state index contributed by atoms with van der Waals surface area (Å²) in [4.78, 5) is 10.0. The molecule has 0 saturated carbocycles. The van der Waals surface area contributed by atoms with Gasteiger partial charge in [-0.05, 0) is 13.0 Å². The molecule has 0 bridgehead atoms. The number of rotatable bonds is 3. The number of nitro benzene ring substituents is 1. The Bertz CT molecular complexity index is 440. The summed E-state index contributed by atoms with van der Waals surface area (Å²) in [6.45, 7) is 1.93. The molecule has 0 aliphatic carbocycles. The second kappa shape index (κ2) is 4.62. The number of ether oxygens (including phenoxy) is 1. The Morgan fingerprint density at radius 2 is 2.33 bits per heavy atom. The van der Waals surface area contributed by atoms with Crippen molar-refractivity contribution in [1.29, 1.82) is 5.26 Å². The topological polar surface area (TPSA) is 76.2 Å². The molecule has 1 aromatic carbocycles. The fourth-order valence-corrected chi connectivity index (χ4v) is 1.31. The van der Waals surface area contributed by atoms with Gasteiger partial charge in [0.25, 0.3) is 0 Å². The zero-order chi connectivity index (χ0) is 11.4. The summed E-state index contributed by atoms with van der Waals surface area (Å²) in [6, 6.07) is 4.30. The smallest absolute Gasteiger partial charge is 0.313 e. The lowest BCUT2D eigenvalue weighted by Gasteiger charge is -2.05. The predicted molar refractivity (Wildman–Crippen MR) is 54.0 cm³/mol. The minimum absolute atomic E-state index is 0.0330. The molecule has 0 spiro atoms. The van der Waals surface area contributed by atoms with Gasteiger partial charge >= 0.3 is 5.69 Å². The molecule has 78 valence electrons. The Kier molecular flexibility index (Phi) is 3.47. The summed E-state index contributed by atoms with van der Waals surface area (Å²) in [5, 5.41) is 19.6. The highest BCUT2D eigenvalue weighted by atomic mass is 35.5. The first-order chi connectivity index (χ1) is 7.10. The van der Waals surface area contributed by atoms with E-state index in [0.29, 0.717) is 0 Å². The van der Waals surface area contributed by atoms with E-state index in [1.807, 2.05) is 0 Å². The van der Waals surface area contributed by atoms with Gasteiger partial charge in [-0.2, -0.15) is 5.26 Å². The highest BCUT2D eigenvalue weighted by Crippen LogP contribution is 2.33. The standard InChI is InChI=1S/C9H7ClN2O3/c1-2-15-9-6(5-11)3-7(10)4-8(9)12(13)14/h3-4H,2H2,1H3. The number of benzene rings is 1. The van der Waals surface area contributed by atoms with Crippen molar-refractivity contribution in [1.82, 2.24) is 0 Å². The van der Waals surface area contributed by atoms with Gasteiger partial charge in [0.05, 0.1) is 11.5 Å². The van der Waals surface area contributed by atoms with E-state index in [4.69, 9.17) is 21.6 Å². The van der Waals surface area contributed by atoms with Crippen molar-refractivity contribution in [2.45, 2.75) is 6.92 Å². The fraction of sp³-hybridized carbons (Fsp3) is 0.222. The van der Waals surface area contributed by atoms with Crippen LogP contribution in [0.5, 0.6) is 5.75 Å². The molecule has 0 fully saturated rings. The Morgan fingerprint density at radius 3 is 2.80 bits per heavy atom. The second-order valence-corrected chi connectivity index (χ2v) is 3.04. The highest BCUT2D eigenvalue weighted by Gasteiger charge is 2.20. The minimum Gasteiger partial charge on any atom is -0.486 e. The summed E-state index contributed by atoms with van der Waals surface area (Å²) in [7, 11) is 0. The van der Waals surface area contributed by atoms with Gasteiger partial charge < -0.3 is 4.74 Å². The van der Waals surface area contributed by atoms with Crippen LogP contribution in [-0.4, -0.2) is 11.5 Å². The van der Waals surface area contributed by atoms with Crippen molar-refractivity contribution in [2.75, 3.05) is 6.61 Å². The largest absolute Gasteiger partial charge is 0.486 e. The van der Waals surface area contributed by atoms with Gasteiger partial charge in [0.2, 0.25) is 5.75 Å². The molecule has 0 aliphatic heterocycles. The predicted octanol–water partition coefficient (Wildman–Crippen LogP) is 2.52. The monoisotopic (exact) mass is 226 g/mol. The van der Waals surface area contributed by atoms with Crippen molar-refractivity contribution in [3.05, 3.63) is 32.8 Å². The molecule has 0 radical (unpaired) electrons. The van der Waals surface area contributed by atoms with E-state index < -0.39 is 4.92 Å². The molecule has 0 aromatic heterocycles. The summed E-state index contributed by atoms with van der Waals surface area (Å²) < 4.78 is 5.05. The fourth-order valence-electron chi connectivity index (χ4n) is 1.09. The van der Waals surface area contributed by atoms with E-state index >= 15 is 0 Å². The quantitative estimate of drug-likeness (QED) is 0.586. The van der Waals surface area contributed by atoms with Crippen LogP contribution in [0, 0.1) is 21.4 Å². The third-order valence-electron chi connectivity index (χ3n) is 1.64. The van der Waals surface area contributed by atoms with E-state index in [-0.39, 0.29) is 28.6 Å². The van der Waals surface area contributed by atoms with Crippen LogP contribution < -0.4 is 4.74 Å². The first-order valence-electron chi connectivity index (χ1n) is 4.11. The van der Waals surface area contributed by atoms with Gasteiger partial charge in [0.1, 0.15) is 11.6 Å². The number of nitrogens with zero attached hydrogens (tertiary/aromatic N) is 2. The molecule has 0 heterocycles. The third-order valence-corrected chi connectivity index (χ3v) is 1.86. The zero-order valence-corrected chi connectivity index (χ0v) is 8.61. The Balaban J connectivity index is 3.41. The zero-order valence-electron chi connectivity index (χ0n) is 7.86. The highest BCUT2D eigenvalue weighted by molar-refractivity contribution is 6.31. The van der Waals surface area contributed by atoms with Gasteiger partial charge in [-0.3, -0.25) is 10.1 Å². The van der Waals surface area contributed by atoms with Crippen LogP contribution in [0.1, 0.15) is 12.5 Å². The molecule has 1 aromatic rings. The Labute approximate surface area is 91.0 Å². The van der Waals surface area contributed by atoms with Gasteiger partial charge in [0.15, 0.2) is 0 Å². The SMILES string of the molecule is CCOc1c(C#N)cc(Cl)cc1[N+](=O)[O-]. The van der Waals surface area contributed by atoms with Crippen LogP contribution in [0.2, 0.25) is 5.02 Å². The first kappa shape index (κ1) is 11.3. The molecule has 0 atom stereocenters. The van der Waals surface area contributed by atoms with Crippen LogP contribution >= 0.6 is 11.6 Å². The van der Waals surface area contributed by atoms with Gasteiger partial charge in [-0.1, -0.05) is 11.6 Å². The van der Waals surface area contributed by atoms with E-state index in [2.05, 4.69) is 0 Å².